The standard InChI is InChI=1S/C25H31N3O2/c29-24-8-6-19(7-9-24)20-4-5-22-17-26(11-10-21(22)16-20)18-25(30)28-14-12-27(13-15-28)23-2-1-3-23/h4-9,16,23,29H,1-3,10-15,17-18H2. The minimum absolute atomic E-state index is 0.285. The molecule has 5 nitrogen and oxygen atoms in total. The van der Waals surface area contributed by atoms with Gasteiger partial charge >= 0.3 is 0 Å². The van der Waals surface area contributed by atoms with E-state index in [4.69, 9.17) is 0 Å². The number of fused-ring (bicyclic) bond motifs is 1. The monoisotopic (exact) mass is 405 g/mol. The number of phenolic OH excluding ortho intramolecular Hbond substituents is 1. The Hall–Kier alpha value is -2.37. The molecule has 0 radical (unpaired) electrons. The van der Waals surface area contributed by atoms with E-state index in [0.29, 0.717) is 12.3 Å². The Morgan fingerprint density at radius 1 is 0.900 bits per heavy atom. The highest BCUT2D eigenvalue weighted by atomic mass is 16.3. The highest BCUT2D eigenvalue weighted by Gasteiger charge is 2.30. The Morgan fingerprint density at radius 3 is 2.33 bits per heavy atom. The van der Waals surface area contributed by atoms with Crippen LogP contribution in [-0.2, 0) is 17.8 Å². The Kier molecular flexibility index (Phi) is 5.48. The van der Waals surface area contributed by atoms with E-state index >= 15 is 0 Å². The average molecular weight is 406 g/mol. The van der Waals surface area contributed by atoms with E-state index in [2.05, 4.69) is 32.9 Å². The molecule has 0 aromatic heterocycles. The van der Waals surface area contributed by atoms with Gasteiger partial charge in [-0.15, -0.1) is 0 Å². The lowest BCUT2D eigenvalue weighted by Gasteiger charge is -2.43. The molecular weight excluding hydrogens is 374 g/mol. The van der Waals surface area contributed by atoms with Gasteiger partial charge < -0.3 is 10.0 Å². The van der Waals surface area contributed by atoms with E-state index in [1.165, 1.54) is 36.0 Å². The fraction of sp³-hybridized carbons (Fsp3) is 0.480. The molecule has 0 unspecified atom stereocenters. The predicted molar refractivity (Wildman–Crippen MR) is 118 cm³/mol. The molecule has 5 rings (SSSR count). The average Bonchev–Trinajstić information content (AvgIpc) is 2.73. The van der Waals surface area contributed by atoms with E-state index in [1.54, 1.807) is 12.1 Å². The highest BCUT2D eigenvalue weighted by molar-refractivity contribution is 5.78. The number of hydrogen-bond donors (Lipinski definition) is 1. The molecule has 158 valence electrons. The van der Waals surface area contributed by atoms with Crippen LogP contribution in [0.25, 0.3) is 11.1 Å². The molecule has 3 aliphatic rings. The van der Waals surface area contributed by atoms with E-state index in [0.717, 1.165) is 57.3 Å². The summed E-state index contributed by atoms with van der Waals surface area (Å²) < 4.78 is 0. The van der Waals surface area contributed by atoms with Crippen molar-refractivity contribution in [2.45, 2.75) is 38.3 Å². The van der Waals surface area contributed by atoms with Crippen molar-refractivity contribution in [3.05, 3.63) is 53.6 Å². The summed E-state index contributed by atoms with van der Waals surface area (Å²) in [5, 5.41) is 9.50. The van der Waals surface area contributed by atoms with Crippen molar-refractivity contribution in [2.24, 2.45) is 0 Å². The number of benzene rings is 2. The molecule has 30 heavy (non-hydrogen) atoms. The zero-order valence-corrected chi connectivity index (χ0v) is 17.6. The molecule has 1 aliphatic carbocycles. The van der Waals surface area contributed by atoms with Crippen molar-refractivity contribution in [3.8, 4) is 16.9 Å². The Morgan fingerprint density at radius 2 is 1.63 bits per heavy atom. The van der Waals surface area contributed by atoms with Crippen molar-refractivity contribution < 1.29 is 9.90 Å². The zero-order chi connectivity index (χ0) is 20.5. The molecule has 2 aromatic carbocycles. The molecule has 2 heterocycles. The normalized spacial score (nSPS) is 20.6. The molecule has 2 fully saturated rings. The number of carbonyl (C=O) groups excluding carboxylic acids is 1. The van der Waals surface area contributed by atoms with Crippen LogP contribution in [-0.4, -0.2) is 71.0 Å². The van der Waals surface area contributed by atoms with Crippen LogP contribution in [0.5, 0.6) is 5.75 Å². The van der Waals surface area contributed by atoms with Crippen molar-refractivity contribution >= 4 is 5.91 Å². The van der Waals surface area contributed by atoms with Gasteiger partial charge in [-0.3, -0.25) is 14.6 Å². The molecule has 1 N–H and O–H groups in total. The molecule has 5 heteroatoms. The van der Waals surface area contributed by atoms with Crippen molar-refractivity contribution in [1.82, 2.24) is 14.7 Å². The molecule has 2 aromatic rings. The third-order valence-electron chi connectivity index (χ3n) is 7.12. The van der Waals surface area contributed by atoms with E-state index in [1.807, 2.05) is 12.1 Å². The maximum absolute atomic E-state index is 12.9. The lowest BCUT2D eigenvalue weighted by Crippen LogP contribution is -2.55. The molecule has 2 aliphatic heterocycles. The summed E-state index contributed by atoms with van der Waals surface area (Å²) in [5.74, 6) is 0.578. The van der Waals surface area contributed by atoms with Crippen LogP contribution in [0.2, 0.25) is 0 Å². The molecule has 1 saturated heterocycles. The first-order valence-corrected chi connectivity index (χ1v) is 11.3. The number of amides is 1. The summed E-state index contributed by atoms with van der Waals surface area (Å²) in [5.41, 5.74) is 5.00. The van der Waals surface area contributed by atoms with Gasteiger partial charge in [0.15, 0.2) is 0 Å². The van der Waals surface area contributed by atoms with E-state index in [9.17, 15) is 9.90 Å². The van der Waals surface area contributed by atoms with Crippen LogP contribution in [0.4, 0.5) is 0 Å². The first-order chi connectivity index (χ1) is 14.7. The van der Waals surface area contributed by atoms with Crippen LogP contribution in [0.1, 0.15) is 30.4 Å². The van der Waals surface area contributed by atoms with Crippen molar-refractivity contribution in [1.29, 1.82) is 0 Å². The van der Waals surface area contributed by atoms with Crippen LogP contribution < -0.4 is 0 Å². The van der Waals surface area contributed by atoms with Gasteiger partial charge in [0.1, 0.15) is 5.75 Å². The number of hydrogen-bond acceptors (Lipinski definition) is 4. The SMILES string of the molecule is O=C(CN1CCc2cc(-c3ccc(O)cc3)ccc2C1)N1CCN(C2CCC2)CC1. The van der Waals surface area contributed by atoms with Crippen LogP contribution in [0.3, 0.4) is 0 Å². The third-order valence-corrected chi connectivity index (χ3v) is 7.12. The van der Waals surface area contributed by atoms with E-state index < -0.39 is 0 Å². The summed E-state index contributed by atoms with van der Waals surface area (Å²) in [6.45, 7) is 6.16. The Labute approximate surface area is 178 Å². The number of phenols is 1. The van der Waals surface area contributed by atoms with Crippen molar-refractivity contribution in [3.63, 3.8) is 0 Å². The maximum Gasteiger partial charge on any atom is 0.236 e. The van der Waals surface area contributed by atoms with Gasteiger partial charge in [-0.25, -0.2) is 0 Å². The number of nitrogens with zero attached hydrogens (tertiary/aromatic N) is 3. The van der Waals surface area contributed by atoms with Gasteiger partial charge in [0.05, 0.1) is 6.54 Å². The minimum Gasteiger partial charge on any atom is -0.508 e. The highest BCUT2D eigenvalue weighted by Crippen LogP contribution is 2.28. The Bertz CT molecular complexity index is 899. The lowest BCUT2D eigenvalue weighted by atomic mass is 9.91. The minimum atomic E-state index is 0.285. The Balaban J connectivity index is 1.17. The third kappa shape index (κ3) is 4.09. The molecule has 0 atom stereocenters. The van der Waals surface area contributed by atoms with Gasteiger partial charge in [0, 0.05) is 45.3 Å². The second-order valence-electron chi connectivity index (χ2n) is 8.99. The lowest BCUT2D eigenvalue weighted by molar-refractivity contribution is -0.135. The predicted octanol–water partition coefficient (Wildman–Crippen LogP) is 3.11. The molecule has 0 spiro atoms. The smallest absolute Gasteiger partial charge is 0.236 e. The zero-order valence-electron chi connectivity index (χ0n) is 17.6. The molecular formula is C25H31N3O2. The quantitative estimate of drug-likeness (QED) is 0.849. The van der Waals surface area contributed by atoms with Crippen LogP contribution in [0, 0.1) is 0 Å². The molecule has 1 saturated carbocycles. The van der Waals surface area contributed by atoms with Gasteiger partial charge in [-0.1, -0.05) is 36.8 Å². The fourth-order valence-electron chi connectivity index (χ4n) is 4.96. The molecule has 0 bridgehead atoms. The summed E-state index contributed by atoms with van der Waals surface area (Å²) in [6, 6.07) is 14.8. The summed E-state index contributed by atoms with van der Waals surface area (Å²) in [4.78, 5) is 19.8. The van der Waals surface area contributed by atoms with Gasteiger partial charge in [-0.2, -0.15) is 0 Å². The first kappa shape index (κ1) is 19.6. The number of carbonyl (C=O) groups is 1. The van der Waals surface area contributed by atoms with Gasteiger partial charge in [0.2, 0.25) is 5.91 Å². The number of aromatic hydroxyl groups is 1. The van der Waals surface area contributed by atoms with E-state index in [-0.39, 0.29) is 5.91 Å². The second-order valence-corrected chi connectivity index (χ2v) is 8.99. The molecule has 1 amide bonds. The van der Waals surface area contributed by atoms with Gasteiger partial charge in [-0.05, 0) is 53.6 Å². The first-order valence-electron chi connectivity index (χ1n) is 11.3. The van der Waals surface area contributed by atoms with Crippen LogP contribution >= 0.6 is 0 Å². The largest absolute Gasteiger partial charge is 0.508 e. The number of rotatable bonds is 4. The number of piperazine rings is 1. The van der Waals surface area contributed by atoms with Gasteiger partial charge in [0.25, 0.3) is 0 Å². The second kappa shape index (κ2) is 8.40. The maximum atomic E-state index is 12.9. The van der Waals surface area contributed by atoms with Crippen molar-refractivity contribution in [2.75, 3.05) is 39.3 Å². The topological polar surface area (TPSA) is 47.0 Å². The summed E-state index contributed by atoms with van der Waals surface area (Å²) in [7, 11) is 0. The van der Waals surface area contributed by atoms with Crippen LogP contribution in [0.15, 0.2) is 42.5 Å². The fourth-order valence-corrected chi connectivity index (χ4v) is 4.96. The summed E-state index contributed by atoms with van der Waals surface area (Å²) in [6.07, 6.45) is 5.03. The summed E-state index contributed by atoms with van der Waals surface area (Å²) >= 11 is 0.